The molecule has 0 saturated carbocycles. The lowest BCUT2D eigenvalue weighted by Crippen LogP contribution is -2.56. The largest absolute Gasteiger partial charge is 0.481 e. The summed E-state index contributed by atoms with van der Waals surface area (Å²) in [6.07, 6.45) is 0. The van der Waals surface area contributed by atoms with Crippen LogP contribution in [0.25, 0.3) is 0 Å². The molecule has 1 amide bonds. The number of carboxylic acids is 1. The molecule has 0 spiro atoms. The van der Waals surface area contributed by atoms with Crippen LogP contribution in [0.1, 0.15) is 27.7 Å². The summed E-state index contributed by atoms with van der Waals surface area (Å²) in [5.74, 6) is -1.11. The number of halogens is 1. The van der Waals surface area contributed by atoms with Crippen molar-refractivity contribution in [3.05, 3.63) is 27.8 Å². The molecule has 6 heteroatoms. The Labute approximate surface area is 138 Å². The molecule has 3 N–H and O–H groups in total. The average Bonchev–Trinajstić information content (AvgIpc) is 2.39. The minimum atomic E-state index is -0.992. The Kier molecular flexibility index (Phi) is 5.75. The summed E-state index contributed by atoms with van der Waals surface area (Å²) < 4.78 is 0.952. The van der Waals surface area contributed by atoms with Gasteiger partial charge < -0.3 is 15.7 Å². The molecule has 1 rings (SSSR count). The van der Waals surface area contributed by atoms with Gasteiger partial charge in [0.15, 0.2) is 0 Å². The van der Waals surface area contributed by atoms with Gasteiger partial charge >= 0.3 is 5.97 Å². The molecule has 0 heterocycles. The van der Waals surface area contributed by atoms with Crippen molar-refractivity contribution in [2.24, 2.45) is 5.41 Å². The summed E-state index contributed by atoms with van der Waals surface area (Å²) in [6.45, 7) is 6.89. The number of benzene rings is 1. The molecule has 0 atom stereocenters. The van der Waals surface area contributed by atoms with Crippen molar-refractivity contribution in [2.75, 3.05) is 11.9 Å². The number of amides is 1. The quantitative estimate of drug-likeness (QED) is 0.638. The van der Waals surface area contributed by atoms with Crippen LogP contribution in [0.15, 0.2) is 24.3 Å². The second kappa shape index (κ2) is 6.74. The van der Waals surface area contributed by atoms with Crippen molar-refractivity contribution in [3.63, 3.8) is 0 Å². The molecule has 0 bridgehead atoms. The Morgan fingerprint density at radius 3 is 2.29 bits per heavy atom. The number of rotatable bonds is 6. The van der Waals surface area contributed by atoms with E-state index in [0.29, 0.717) is 0 Å². The van der Waals surface area contributed by atoms with Gasteiger partial charge in [-0.3, -0.25) is 9.59 Å². The Bertz CT molecular complexity index is 541. The number of hydrogen-bond acceptors (Lipinski definition) is 3. The predicted octanol–water partition coefficient (Wildman–Crippen LogP) is 2.71. The molecule has 0 aromatic heterocycles. The Morgan fingerprint density at radius 2 is 1.76 bits per heavy atom. The van der Waals surface area contributed by atoms with Crippen molar-refractivity contribution >= 4 is 40.2 Å². The zero-order chi connectivity index (χ0) is 16.3. The van der Waals surface area contributed by atoms with Gasteiger partial charge in [0.2, 0.25) is 5.91 Å². The fourth-order valence-corrected chi connectivity index (χ4v) is 2.07. The van der Waals surface area contributed by atoms with E-state index in [1.807, 2.05) is 24.3 Å². The number of aliphatic carboxylic acids is 1. The van der Waals surface area contributed by atoms with Crippen LogP contribution < -0.4 is 10.6 Å². The van der Waals surface area contributed by atoms with E-state index >= 15 is 0 Å². The van der Waals surface area contributed by atoms with Crippen LogP contribution in [-0.2, 0) is 9.59 Å². The van der Waals surface area contributed by atoms with Gasteiger partial charge in [-0.2, -0.15) is 0 Å². The van der Waals surface area contributed by atoms with Crippen molar-refractivity contribution in [1.82, 2.24) is 5.32 Å². The third-order valence-corrected chi connectivity index (χ3v) is 4.88. The zero-order valence-corrected chi connectivity index (χ0v) is 14.8. The van der Waals surface area contributed by atoms with Crippen LogP contribution in [0, 0.1) is 8.99 Å². The third-order valence-electron chi connectivity index (χ3n) is 3.94. The minimum Gasteiger partial charge on any atom is -0.481 e. The number of carboxylic acid groups (broad SMARTS) is 1. The zero-order valence-electron chi connectivity index (χ0n) is 12.7. The number of carbonyl (C=O) groups excluding carboxylic acids is 1. The first-order valence-corrected chi connectivity index (χ1v) is 7.68. The SMILES string of the molecule is CC(C)(NCC(=O)Nc1ccccc1I)C(C)(C)C(=O)O. The lowest BCUT2D eigenvalue weighted by atomic mass is 9.74. The molecule has 0 fully saturated rings. The highest BCUT2D eigenvalue weighted by Crippen LogP contribution is 2.30. The van der Waals surface area contributed by atoms with Crippen LogP contribution in [0.4, 0.5) is 5.69 Å². The van der Waals surface area contributed by atoms with Crippen LogP contribution >= 0.6 is 22.6 Å². The third kappa shape index (κ3) is 4.41. The van der Waals surface area contributed by atoms with Crippen LogP contribution in [0.2, 0.25) is 0 Å². The van der Waals surface area contributed by atoms with Gasteiger partial charge in [0.1, 0.15) is 0 Å². The Balaban J connectivity index is 2.65. The van der Waals surface area contributed by atoms with E-state index in [9.17, 15) is 14.7 Å². The molecule has 1 aromatic carbocycles. The maximum atomic E-state index is 12.0. The summed E-state index contributed by atoms with van der Waals surface area (Å²) in [4.78, 5) is 23.3. The molecule has 21 heavy (non-hydrogen) atoms. The van der Waals surface area contributed by atoms with Crippen molar-refractivity contribution in [2.45, 2.75) is 33.2 Å². The molecule has 1 aromatic rings. The van der Waals surface area contributed by atoms with E-state index < -0.39 is 16.9 Å². The van der Waals surface area contributed by atoms with E-state index in [1.165, 1.54) is 0 Å². The smallest absolute Gasteiger partial charge is 0.310 e. The maximum absolute atomic E-state index is 12.0. The average molecular weight is 404 g/mol. The lowest BCUT2D eigenvalue weighted by molar-refractivity contribution is -0.151. The molecule has 0 aliphatic carbocycles. The number of hydrogen-bond donors (Lipinski definition) is 3. The summed E-state index contributed by atoms with van der Waals surface area (Å²) in [7, 11) is 0. The highest BCUT2D eigenvalue weighted by molar-refractivity contribution is 14.1. The number of nitrogens with one attached hydrogen (secondary N) is 2. The fraction of sp³-hybridized carbons (Fsp3) is 0.467. The Morgan fingerprint density at radius 1 is 1.19 bits per heavy atom. The molecule has 116 valence electrons. The van der Waals surface area contributed by atoms with Gasteiger partial charge in [-0.05, 0) is 62.4 Å². The van der Waals surface area contributed by atoms with E-state index in [0.717, 1.165) is 9.26 Å². The standard InChI is InChI=1S/C15H21IN2O3/c1-14(2,13(20)21)15(3,4)17-9-12(19)18-11-8-6-5-7-10(11)16/h5-8,17H,9H2,1-4H3,(H,18,19)(H,20,21). The second-order valence-corrected chi connectivity index (χ2v) is 7.10. The number of para-hydroxylation sites is 1. The Hall–Kier alpha value is -1.15. The monoisotopic (exact) mass is 404 g/mol. The fourth-order valence-electron chi connectivity index (χ4n) is 1.55. The van der Waals surface area contributed by atoms with Gasteiger partial charge in [-0.15, -0.1) is 0 Å². The van der Waals surface area contributed by atoms with Crippen molar-refractivity contribution in [3.8, 4) is 0 Å². The van der Waals surface area contributed by atoms with E-state index in [2.05, 4.69) is 33.2 Å². The first-order valence-electron chi connectivity index (χ1n) is 6.61. The lowest BCUT2D eigenvalue weighted by Gasteiger charge is -2.38. The van der Waals surface area contributed by atoms with Crippen LogP contribution in [0.3, 0.4) is 0 Å². The van der Waals surface area contributed by atoms with Crippen LogP contribution in [0.5, 0.6) is 0 Å². The summed E-state index contributed by atoms with van der Waals surface area (Å²) in [5, 5.41) is 15.1. The molecule has 5 nitrogen and oxygen atoms in total. The van der Waals surface area contributed by atoms with Crippen molar-refractivity contribution < 1.29 is 14.7 Å². The number of anilines is 1. The molecule has 0 unspecified atom stereocenters. The molecule has 0 radical (unpaired) electrons. The summed E-state index contributed by atoms with van der Waals surface area (Å²) in [6, 6.07) is 7.48. The molecular formula is C15H21IN2O3. The van der Waals surface area contributed by atoms with Gasteiger partial charge in [-0.25, -0.2) is 0 Å². The van der Waals surface area contributed by atoms with E-state index in [-0.39, 0.29) is 12.5 Å². The van der Waals surface area contributed by atoms with Crippen LogP contribution in [-0.4, -0.2) is 29.1 Å². The van der Waals surface area contributed by atoms with Crippen molar-refractivity contribution in [1.29, 1.82) is 0 Å². The molecular weight excluding hydrogens is 383 g/mol. The first-order chi connectivity index (χ1) is 9.58. The molecule has 0 saturated heterocycles. The van der Waals surface area contributed by atoms with E-state index in [4.69, 9.17) is 0 Å². The number of carbonyl (C=O) groups is 2. The summed E-state index contributed by atoms with van der Waals surface area (Å²) >= 11 is 2.15. The van der Waals surface area contributed by atoms with E-state index in [1.54, 1.807) is 27.7 Å². The maximum Gasteiger partial charge on any atom is 0.310 e. The summed E-state index contributed by atoms with van der Waals surface area (Å²) in [5.41, 5.74) is -0.964. The van der Waals surface area contributed by atoms with Gasteiger partial charge in [0.25, 0.3) is 0 Å². The highest BCUT2D eigenvalue weighted by Gasteiger charge is 2.43. The topological polar surface area (TPSA) is 78.4 Å². The minimum absolute atomic E-state index is 0.0503. The van der Waals surface area contributed by atoms with Gasteiger partial charge in [0, 0.05) is 9.11 Å². The van der Waals surface area contributed by atoms with Gasteiger partial charge in [-0.1, -0.05) is 12.1 Å². The van der Waals surface area contributed by atoms with Gasteiger partial charge in [0.05, 0.1) is 17.6 Å². The molecule has 0 aliphatic rings. The molecule has 0 aliphatic heterocycles. The highest BCUT2D eigenvalue weighted by atomic mass is 127. The predicted molar refractivity (Wildman–Crippen MR) is 91.3 cm³/mol. The normalized spacial score (nSPS) is 12.0. The second-order valence-electron chi connectivity index (χ2n) is 5.94. The first kappa shape index (κ1) is 17.9.